The second-order valence-corrected chi connectivity index (χ2v) is 13.8. The SMILES string of the molecule is C=C(CC[C@@]12O[C@H](C(=O)C=[N+]=[N-])[C@@](O)(C(=O)OC)[C@@](C(=O)OC)(O1)[C@H](OC(=O)/C=C/[C@@H](C)C[C@@H](C)CC)[C@H]2O)[C@@H](OC(C)=O)[C@H](C)Cc1ccccc1. The largest absolute Gasteiger partial charge is 0.467 e. The van der Waals surface area contributed by atoms with Crippen molar-refractivity contribution in [1.29, 1.82) is 0 Å². The lowest BCUT2D eigenvalue weighted by atomic mass is 9.73. The van der Waals surface area contributed by atoms with Crippen molar-refractivity contribution in [3.63, 3.8) is 0 Å². The molecule has 0 unspecified atom stereocenters. The average molecular weight is 743 g/mol. The number of carbonyl (C=O) groups is 5. The second kappa shape index (κ2) is 18.0. The predicted octanol–water partition coefficient (Wildman–Crippen LogP) is 2.85. The molecular formula is C38H50N2O13. The maximum Gasteiger partial charge on any atom is 0.346 e. The summed E-state index contributed by atoms with van der Waals surface area (Å²) in [4.78, 5) is 69.0. The van der Waals surface area contributed by atoms with Crippen LogP contribution in [-0.4, -0.2) is 107 Å². The standard InChI is InChI=1S/C38H50N2O13/c1-9-22(2)19-23(3)15-16-29(43)51-33-31(44)36(18-17-24(4)30(50-26(6)41)25(5)20-27-13-11-10-12-14-27)52-32(28(42)21-40-39)37(47,34(45)48-7)38(33,53-36)35(46)49-8/h10-16,21-23,25,30-33,44,47H,4,9,17-20H2,1-3,5-8H3/b16-15+/t22-,23+,25+,30+,31+,32+,33+,36+,37+,38+/m0/s1. The highest BCUT2D eigenvalue weighted by Gasteiger charge is 2.86. The number of nitrogens with zero attached hydrogens (tertiary/aromatic N) is 2. The number of carbonyl (C=O) groups excluding carboxylic acids is 5. The smallest absolute Gasteiger partial charge is 0.346 e. The molecule has 1 aromatic rings. The molecule has 0 amide bonds. The van der Waals surface area contributed by atoms with E-state index in [1.165, 1.54) is 6.92 Å². The van der Waals surface area contributed by atoms with Gasteiger partial charge in [0.15, 0.2) is 12.2 Å². The Balaban J connectivity index is 2.13. The minimum absolute atomic E-state index is 0.0852. The molecule has 0 spiro atoms. The third-order valence-corrected chi connectivity index (χ3v) is 9.85. The number of hydrogen-bond acceptors (Lipinski definition) is 13. The van der Waals surface area contributed by atoms with Crippen LogP contribution in [0, 0.1) is 17.8 Å². The first-order chi connectivity index (χ1) is 25.0. The summed E-state index contributed by atoms with van der Waals surface area (Å²) in [5, 5.41) is 24.2. The fourth-order valence-electron chi connectivity index (χ4n) is 7.02. The molecule has 2 aliphatic heterocycles. The number of hydrogen-bond donors (Lipinski definition) is 2. The number of allylic oxidation sites excluding steroid dienone is 1. The molecule has 15 heteroatoms. The Morgan fingerprint density at radius 3 is 2.28 bits per heavy atom. The molecule has 290 valence electrons. The summed E-state index contributed by atoms with van der Waals surface area (Å²) >= 11 is 0. The summed E-state index contributed by atoms with van der Waals surface area (Å²) in [5.74, 6) is -8.80. The zero-order valence-corrected chi connectivity index (χ0v) is 31.2. The molecule has 53 heavy (non-hydrogen) atoms. The molecule has 2 aliphatic rings. The van der Waals surface area contributed by atoms with Gasteiger partial charge in [-0.2, -0.15) is 4.79 Å². The Kier molecular flexibility index (Phi) is 14.6. The van der Waals surface area contributed by atoms with Gasteiger partial charge in [0.05, 0.1) is 14.2 Å². The zero-order chi connectivity index (χ0) is 39.7. The average Bonchev–Trinajstić information content (AvgIpc) is 3.34. The van der Waals surface area contributed by atoms with E-state index in [1.807, 2.05) is 51.1 Å². The van der Waals surface area contributed by atoms with Crippen LogP contribution in [-0.2, 0) is 58.8 Å². The van der Waals surface area contributed by atoms with E-state index < -0.39 is 77.5 Å². The van der Waals surface area contributed by atoms with Crippen LogP contribution in [0.15, 0.2) is 54.6 Å². The van der Waals surface area contributed by atoms with Crippen LogP contribution in [0.25, 0.3) is 5.53 Å². The van der Waals surface area contributed by atoms with Gasteiger partial charge in [-0.3, -0.25) is 9.59 Å². The topological polar surface area (TPSA) is 218 Å². The van der Waals surface area contributed by atoms with E-state index in [-0.39, 0.29) is 18.3 Å². The van der Waals surface area contributed by atoms with Crippen molar-refractivity contribution >= 4 is 35.9 Å². The van der Waals surface area contributed by atoms with E-state index >= 15 is 0 Å². The van der Waals surface area contributed by atoms with Crippen molar-refractivity contribution in [3.05, 3.63) is 65.7 Å². The number of ether oxygens (including phenoxy) is 6. The molecule has 2 bridgehead atoms. The maximum absolute atomic E-state index is 13.9. The summed E-state index contributed by atoms with van der Waals surface area (Å²) in [6, 6.07) is 9.41. The van der Waals surface area contributed by atoms with Crippen LogP contribution >= 0.6 is 0 Å². The Hall–Kier alpha value is -4.53. The molecular weight excluding hydrogens is 692 g/mol. The minimum Gasteiger partial charge on any atom is -0.467 e. The van der Waals surface area contributed by atoms with E-state index in [0.717, 1.165) is 38.7 Å². The van der Waals surface area contributed by atoms with Crippen molar-refractivity contribution in [2.24, 2.45) is 17.8 Å². The minimum atomic E-state index is -3.49. The molecule has 15 nitrogen and oxygen atoms in total. The number of aliphatic hydroxyl groups excluding tert-OH is 1. The van der Waals surface area contributed by atoms with E-state index in [9.17, 15) is 39.7 Å². The first-order valence-electron chi connectivity index (χ1n) is 17.4. The van der Waals surface area contributed by atoms with Crippen LogP contribution in [0.4, 0.5) is 0 Å². The Morgan fingerprint density at radius 1 is 1.08 bits per heavy atom. The highest BCUT2D eigenvalue weighted by atomic mass is 16.8. The van der Waals surface area contributed by atoms with Gasteiger partial charge in [-0.25, -0.2) is 14.4 Å². The third kappa shape index (κ3) is 8.82. The third-order valence-electron chi connectivity index (χ3n) is 9.85. The Bertz CT molecular complexity index is 1610. The fraction of sp³-hybridized carbons (Fsp3) is 0.579. The lowest BCUT2D eigenvalue weighted by Crippen LogP contribution is -2.78. The summed E-state index contributed by atoms with van der Waals surface area (Å²) in [7, 11) is 1.71. The maximum atomic E-state index is 13.9. The molecule has 2 fully saturated rings. The molecule has 0 radical (unpaired) electrons. The predicted molar refractivity (Wildman–Crippen MR) is 187 cm³/mol. The lowest BCUT2D eigenvalue weighted by Gasteiger charge is -2.49. The van der Waals surface area contributed by atoms with Gasteiger partial charge in [0.1, 0.15) is 12.2 Å². The van der Waals surface area contributed by atoms with Gasteiger partial charge in [0, 0.05) is 25.3 Å². The number of methoxy groups -OCH3 is 2. The van der Waals surface area contributed by atoms with Gasteiger partial charge in [0.25, 0.3) is 11.4 Å². The van der Waals surface area contributed by atoms with Crippen LogP contribution in [0.5, 0.6) is 0 Å². The first-order valence-corrected chi connectivity index (χ1v) is 17.4. The highest BCUT2D eigenvalue weighted by Crippen LogP contribution is 2.56. The van der Waals surface area contributed by atoms with Crippen molar-refractivity contribution < 1.29 is 67.4 Å². The summed E-state index contributed by atoms with van der Waals surface area (Å²) in [5.41, 5.74) is 3.82. The van der Waals surface area contributed by atoms with Crippen molar-refractivity contribution in [3.8, 4) is 0 Å². The van der Waals surface area contributed by atoms with Crippen molar-refractivity contribution in [1.82, 2.24) is 0 Å². The van der Waals surface area contributed by atoms with Gasteiger partial charge in [0.2, 0.25) is 11.4 Å². The van der Waals surface area contributed by atoms with Gasteiger partial charge >= 0.3 is 30.1 Å². The first kappa shape index (κ1) is 42.9. The Morgan fingerprint density at radius 2 is 1.72 bits per heavy atom. The second-order valence-electron chi connectivity index (χ2n) is 13.8. The van der Waals surface area contributed by atoms with E-state index in [1.54, 1.807) is 6.08 Å². The normalized spacial score (nSPS) is 28.4. The summed E-state index contributed by atoms with van der Waals surface area (Å²) < 4.78 is 33.1. The number of Topliss-reactive ketones (excluding diaryl/α,β-unsaturated/α-hetero) is 1. The van der Waals surface area contributed by atoms with E-state index in [2.05, 4.69) is 18.3 Å². The quantitative estimate of drug-likeness (QED) is 0.0421. The van der Waals surface area contributed by atoms with Crippen LogP contribution in [0.1, 0.15) is 65.9 Å². The van der Waals surface area contributed by atoms with Gasteiger partial charge in [-0.15, -0.1) is 0 Å². The molecule has 0 aliphatic carbocycles. The van der Waals surface area contributed by atoms with Crippen LogP contribution < -0.4 is 0 Å². The monoisotopic (exact) mass is 742 g/mol. The number of fused-ring (bicyclic) bond motifs is 2. The van der Waals surface area contributed by atoms with E-state index in [0.29, 0.717) is 24.1 Å². The number of esters is 4. The van der Waals surface area contributed by atoms with Gasteiger partial charge < -0.3 is 44.2 Å². The molecule has 1 aromatic carbocycles. The highest BCUT2D eigenvalue weighted by molar-refractivity contribution is 6.29. The van der Waals surface area contributed by atoms with Crippen LogP contribution in [0.3, 0.4) is 0 Å². The van der Waals surface area contributed by atoms with Crippen molar-refractivity contribution in [2.75, 3.05) is 14.2 Å². The lowest BCUT2D eigenvalue weighted by molar-refractivity contribution is -0.371. The van der Waals surface area contributed by atoms with Crippen LogP contribution in [0.2, 0.25) is 0 Å². The molecule has 0 saturated carbocycles. The fourth-order valence-corrected chi connectivity index (χ4v) is 7.02. The summed E-state index contributed by atoms with van der Waals surface area (Å²) in [6.45, 7) is 13.2. The Labute approximate surface area is 308 Å². The summed E-state index contributed by atoms with van der Waals surface area (Å²) in [6.07, 6.45) is -3.32. The van der Waals surface area contributed by atoms with Gasteiger partial charge in [-0.1, -0.05) is 77.1 Å². The zero-order valence-electron chi connectivity index (χ0n) is 31.2. The van der Waals surface area contributed by atoms with E-state index in [4.69, 9.17) is 28.4 Å². The number of aliphatic hydroxyl groups is 2. The molecule has 2 heterocycles. The number of benzene rings is 1. The molecule has 2 saturated heterocycles. The number of ketones is 1. The molecule has 3 rings (SSSR count). The van der Waals surface area contributed by atoms with Gasteiger partial charge in [-0.05, 0) is 42.2 Å². The van der Waals surface area contributed by atoms with Crippen molar-refractivity contribution in [2.45, 2.75) is 108 Å². The molecule has 2 N–H and O–H groups in total. The number of rotatable bonds is 18. The molecule has 0 aromatic heterocycles. The molecule has 10 atom stereocenters.